The molecule has 0 N–H and O–H groups in total. The molecule has 0 aliphatic carbocycles. The average Bonchev–Trinajstić information content (AvgIpc) is 2.68. The zero-order valence-corrected chi connectivity index (χ0v) is 14.2. The van der Waals surface area contributed by atoms with Gasteiger partial charge in [-0.1, -0.05) is 0 Å². The van der Waals surface area contributed by atoms with Crippen molar-refractivity contribution in [2.75, 3.05) is 14.1 Å². The maximum atomic E-state index is 13.8. The Bertz CT molecular complexity index is 669. The van der Waals surface area contributed by atoms with Crippen molar-refractivity contribution in [2.24, 2.45) is 0 Å². The fraction of sp³-hybridized carbons (Fsp3) is 0.385. The number of benzene rings is 1. The van der Waals surface area contributed by atoms with E-state index in [1.165, 1.54) is 11.0 Å². The second kappa shape index (κ2) is 5.85. The van der Waals surface area contributed by atoms with Crippen LogP contribution in [0.2, 0.25) is 0 Å². The number of rotatable bonds is 3. The maximum absolute atomic E-state index is 13.8. The number of alkyl halides is 1. The number of carbonyl (C=O) groups excluding carboxylic acids is 1. The minimum Gasteiger partial charge on any atom is -0.347 e. The quantitative estimate of drug-likeness (QED) is 0.577. The number of fused-ring (bicyclic) bond motifs is 1. The van der Waals surface area contributed by atoms with Crippen LogP contribution in [-0.2, 0) is 11.3 Å². The van der Waals surface area contributed by atoms with Crippen molar-refractivity contribution >= 4 is 51.1 Å². The fourth-order valence-corrected chi connectivity index (χ4v) is 2.50. The largest absolute Gasteiger partial charge is 0.347 e. The number of carbonyl (C=O) groups is 1. The van der Waals surface area contributed by atoms with Gasteiger partial charge in [-0.3, -0.25) is 4.79 Å². The van der Waals surface area contributed by atoms with E-state index in [1.54, 1.807) is 31.7 Å². The van der Waals surface area contributed by atoms with Crippen molar-refractivity contribution in [2.45, 2.75) is 18.8 Å². The smallest absolute Gasteiger partial charge is 0.242 e. The summed E-state index contributed by atoms with van der Waals surface area (Å²) >= 11 is 8.03. The first kappa shape index (κ1) is 15.5. The molecule has 7 heteroatoms. The average molecular weight is 410 g/mol. The molecule has 1 aromatic carbocycles. The van der Waals surface area contributed by atoms with Crippen molar-refractivity contribution in [1.82, 2.24) is 14.5 Å². The lowest BCUT2D eigenvalue weighted by atomic mass is 10.3. The molecule has 1 unspecified atom stereocenters. The highest BCUT2D eigenvalue weighted by Crippen LogP contribution is 2.27. The van der Waals surface area contributed by atoms with Crippen LogP contribution in [-0.4, -0.2) is 34.5 Å². The lowest BCUT2D eigenvalue weighted by molar-refractivity contribution is -0.129. The SMILES string of the molecule is CC(Cl)c1nc2cc(I)c(F)cc2n1CC(=O)N(C)C. The number of aromatic nitrogens is 2. The Labute approximate surface area is 135 Å². The third-order valence-corrected chi connectivity index (χ3v) is 3.99. The Balaban J connectivity index is 2.62. The van der Waals surface area contributed by atoms with E-state index in [2.05, 4.69) is 4.98 Å². The molecule has 4 nitrogen and oxygen atoms in total. The van der Waals surface area contributed by atoms with Gasteiger partial charge in [0.25, 0.3) is 0 Å². The molecule has 0 radical (unpaired) electrons. The van der Waals surface area contributed by atoms with E-state index in [-0.39, 0.29) is 23.6 Å². The molecule has 1 atom stereocenters. The summed E-state index contributed by atoms with van der Waals surface area (Å²) in [5, 5.41) is -0.363. The molecule has 0 saturated carbocycles. The van der Waals surface area contributed by atoms with Crippen LogP contribution in [0.25, 0.3) is 11.0 Å². The normalized spacial score (nSPS) is 12.7. The van der Waals surface area contributed by atoms with Gasteiger partial charge in [0.2, 0.25) is 5.91 Å². The Morgan fingerprint density at radius 2 is 2.20 bits per heavy atom. The summed E-state index contributed by atoms with van der Waals surface area (Å²) in [7, 11) is 3.35. The van der Waals surface area contributed by atoms with E-state index in [0.717, 1.165) is 0 Å². The Hall–Kier alpha value is -0.890. The highest BCUT2D eigenvalue weighted by Gasteiger charge is 2.19. The predicted molar refractivity (Wildman–Crippen MR) is 85.4 cm³/mol. The standard InChI is InChI=1S/C13H14ClFIN3O/c1-7(14)13-17-10-5-9(16)8(15)4-11(10)19(13)6-12(20)18(2)3/h4-5,7H,6H2,1-3H3. The zero-order chi connectivity index (χ0) is 15.0. The number of likely N-dealkylation sites (N-methyl/N-ethyl adjacent to an activating group) is 1. The van der Waals surface area contributed by atoms with Gasteiger partial charge in [-0.05, 0) is 35.6 Å². The Kier molecular flexibility index (Phi) is 4.53. The lowest BCUT2D eigenvalue weighted by Crippen LogP contribution is -2.27. The molecule has 1 heterocycles. The molecule has 0 fully saturated rings. The van der Waals surface area contributed by atoms with E-state index >= 15 is 0 Å². The summed E-state index contributed by atoms with van der Waals surface area (Å²) in [5.41, 5.74) is 1.23. The molecule has 0 aliphatic heterocycles. The molecule has 2 rings (SSSR count). The molecule has 0 bridgehead atoms. The van der Waals surface area contributed by atoms with Crippen molar-refractivity contribution in [1.29, 1.82) is 0 Å². The third kappa shape index (κ3) is 2.90. The number of hydrogen-bond donors (Lipinski definition) is 0. The van der Waals surface area contributed by atoms with E-state index in [1.807, 2.05) is 22.6 Å². The maximum Gasteiger partial charge on any atom is 0.242 e. The molecular weight excluding hydrogens is 396 g/mol. The summed E-state index contributed by atoms with van der Waals surface area (Å²) in [5.74, 6) is 0.144. The number of hydrogen-bond acceptors (Lipinski definition) is 2. The minimum atomic E-state index is -0.363. The van der Waals surface area contributed by atoms with Gasteiger partial charge in [0.1, 0.15) is 18.2 Å². The molecule has 1 aromatic heterocycles. The molecule has 0 spiro atoms. The monoisotopic (exact) mass is 409 g/mol. The van der Waals surface area contributed by atoms with E-state index in [9.17, 15) is 9.18 Å². The summed E-state index contributed by atoms with van der Waals surface area (Å²) < 4.78 is 15.9. The lowest BCUT2D eigenvalue weighted by Gasteiger charge is -2.14. The van der Waals surface area contributed by atoms with Crippen LogP contribution in [0.15, 0.2) is 12.1 Å². The number of halogens is 3. The Morgan fingerprint density at radius 1 is 1.55 bits per heavy atom. The fourth-order valence-electron chi connectivity index (χ4n) is 1.89. The van der Waals surface area contributed by atoms with E-state index < -0.39 is 0 Å². The van der Waals surface area contributed by atoms with Crippen molar-refractivity contribution in [3.05, 3.63) is 27.3 Å². The van der Waals surface area contributed by atoms with Gasteiger partial charge in [-0.2, -0.15) is 0 Å². The van der Waals surface area contributed by atoms with Crippen LogP contribution in [0.3, 0.4) is 0 Å². The molecule has 1 amide bonds. The van der Waals surface area contributed by atoms with Gasteiger partial charge in [-0.25, -0.2) is 9.37 Å². The topological polar surface area (TPSA) is 38.1 Å². The molecule has 0 saturated heterocycles. The highest BCUT2D eigenvalue weighted by atomic mass is 127. The van der Waals surface area contributed by atoms with Crippen LogP contribution in [0, 0.1) is 9.39 Å². The van der Waals surface area contributed by atoms with E-state index in [4.69, 9.17) is 11.6 Å². The summed E-state index contributed by atoms with van der Waals surface area (Å²) in [6.45, 7) is 1.87. The van der Waals surface area contributed by atoms with Crippen LogP contribution in [0.4, 0.5) is 4.39 Å². The number of amides is 1. The van der Waals surface area contributed by atoms with Gasteiger partial charge < -0.3 is 9.47 Å². The molecule has 2 aromatic rings. The van der Waals surface area contributed by atoms with Gasteiger partial charge >= 0.3 is 0 Å². The second-order valence-corrected chi connectivity index (χ2v) is 6.53. The molecule has 20 heavy (non-hydrogen) atoms. The van der Waals surface area contributed by atoms with Gasteiger partial charge in [0.15, 0.2) is 0 Å². The zero-order valence-electron chi connectivity index (χ0n) is 11.3. The van der Waals surface area contributed by atoms with Crippen molar-refractivity contribution in [3.8, 4) is 0 Å². The first-order valence-electron chi connectivity index (χ1n) is 6.00. The van der Waals surface area contributed by atoms with Gasteiger partial charge in [0.05, 0.1) is 20.0 Å². The second-order valence-electron chi connectivity index (χ2n) is 4.72. The van der Waals surface area contributed by atoms with Crippen LogP contribution < -0.4 is 0 Å². The first-order valence-corrected chi connectivity index (χ1v) is 7.52. The minimum absolute atomic E-state index is 0.0932. The molecule has 108 valence electrons. The highest BCUT2D eigenvalue weighted by molar-refractivity contribution is 14.1. The predicted octanol–water partition coefficient (Wildman–Crippen LogP) is 3.17. The van der Waals surface area contributed by atoms with Crippen molar-refractivity contribution in [3.63, 3.8) is 0 Å². The van der Waals surface area contributed by atoms with Crippen molar-refractivity contribution < 1.29 is 9.18 Å². The first-order chi connectivity index (χ1) is 9.31. The summed E-state index contributed by atoms with van der Waals surface area (Å²) in [6, 6.07) is 3.06. The van der Waals surface area contributed by atoms with Gasteiger partial charge in [-0.15, -0.1) is 11.6 Å². The Morgan fingerprint density at radius 3 is 2.75 bits per heavy atom. The van der Waals surface area contributed by atoms with Crippen LogP contribution in [0.5, 0.6) is 0 Å². The van der Waals surface area contributed by atoms with Crippen LogP contribution in [0.1, 0.15) is 18.1 Å². The molecular formula is C13H14ClFIN3O. The summed E-state index contributed by atoms with van der Waals surface area (Å²) in [4.78, 5) is 17.8. The summed E-state index contributed by atoms with van der Waals surface area (Å²) in [6.07, 6.45) is 0. The number of nitrogens with zero attached hydrogens (tertiary/aromatic N) is 3. The van der Waals surface area contributed by atoms with Crippen LogP contribution >= 0.6 is 34.2 Å². The molecule has 0 aliphatic rings. The third-order valence-electron chi connectivity index (χ3n) is 2.97. The number of imidazole rings is 1. The van der Waals surface area contributed by atoms with E-state index in [0.29, 0.717) is 20.4 Å². The van der Waals surface area contributed by atoms with Gasteiger partial charge in [0, 0.05) is 20.2 Å².